The van der Waals surface area contributed by atoms with Crippen LogP contribution in [0.3, 0.4) is 0 Å². The maximum absolute atomic E-state index is 12.5. The normalized spacial score (nSPS) is 14.5. The van der Waals surface area contributed by atoms with Gasteiger partial charge in [0, 0.05) is 38.0 Å². The zero-order valence-electron chi connectivity index (χ0n) is 17.1. The minimum absolute atomic E-state index is 0.0176. The summed E-state index contributed by atoms with van der Waals surface area (Å²) in [6.45, 7) is 3.41. The zero-order chi connectivity index (χ0) is 22.5. The van der Waals surface area contributed by atoms with E-state index in [0.29, 0.717) is 49.1 Å². The number of carbonyl (C=O) groups is 2. The fourth-order valence-corrected chi connectivity index (χ4v) is 3.62. The van der Waals surface area contributed by atoms with E-state index in [2.05, 4.69) is 20.3 Å². The number of H-pyrrole nitrogens is 1. The summed E-state index contributed by atoms with van der Waals surface area (Å²) in [5.74, 6) is -1.03. The van der Waals surface area contributed by atoms with Crippen LogP contribution in [-0.4, -0.2) is 71.4 Å². The Morgan fingerprint density at radius 3 is 2.55 bits per heavy atom. The van der Waals surface area contributed by atoms with Crippen molar-refractivity contribution in [2.45, 2.75) is 25.8 Å². The number of ether oxygens (including phenoxy) is 2. The lowest BCUT2D eigenvalue weighted by molar-refractivity contribution is 0.0687. The molecule has 3 rings (SSSR count). The summed E-state index contributed by atoms with van der Waals surface area (Å²) in [5, 5.41) is 12.8. The van der Waals surface area contributed by atoms with Crippen molar-refractivity contribution >= 4 is 40.9 Å². The van der Waals surface area contributed by atoms with Gasteiger partial charge in [0.15, 0.2) is 5.69 Å². The molecular weight excluding hydrogens is 449 g/mol. The molecule has 3 heterocycles. The number of methoxy groups -OCH3 is 1. The first-order chi connectivity index (χ1) is 14.8. The number of carboxylic acid groups (broad SMARTS) is 1. The maximum Gasteiger partial charge on any atom is 0.354 e. The minimum atomic E-state index is -1.17. The highest BCUT2D eigenvalue weighted by atomic mass is 35.5. The first-order valence-electron chi connectivity index (χ1n) is 9.63. The van der Waals surface area contributed by atoms with E-state index < -0.39 is 5.97 Å². The lowest BCUT2D eigenvalue weighted by Crippen LogP contribution is -2.45. The molecule has 1 amide bonds. The van der Waals surface area contributed by atoms with Crippen molar-refractivity contribution in [3.8, 4) is 6.01 Å². The second kappa shape index (κ2) is 10.2. The van der Waals surface area contributed by atoms with E-state index in [1.54, 1.807) is 6.92 Å². The van der Waals surface area contributed by atoms with E-state index in [1.807, 2.05) is 4.90 Å². The molecule has 2 aromatic heterocycles. The number of aromatic amines is 1. The van der Waals surface area contributed by atoms with Crippen LogP contribution in [0.15, 0.2) is 6.07 Å². The molecule has 1 aliphatic rings. The Hall–Kier alpha value is -2.56. The molecule has 0 spiro atoms. The molecule has 3 N–H and O–H groups in total. The Morgan fingerprint density at radius 1 is 1.26 bits per heavy atom. The van der Waals surface area contributed by atoms with Crippen LogP contribution in [0.1, 0.15) is 39.5 Å². The molecule has 0 aliphatic carbocycles. The highest BCUT2D eigenvalue weighted by Crippen LogP contribution is 2.29. The summed E-state index contributed by atoms with van der Waals surface area (Å²) >= 11 is 12.2. The molecule has 0 unspecified atom stereocenters. The third-order valence-electron chi connectivity index (χ3n) is 4.87. The second-order valence-electron chi connectivity index (χ2n) is 7.03. The van der Waals surface area contributed by atoms with Crippen LogP contribution in [-0.2, 0) is 4.74 Å². The number of hydrogen-bond donors (Lipinski definition) is 3. The lowest BCUT2D eigenvalue weighted by Gasteiger charge is -2.33. The zero-order valence-corrected chi connectivity index (χ0v) is 18.6. The molecule has 10 nitrogen and oxygen atoms in total. The number of nitrogens with zero attached hydrogens (tertiary/aromatic N) is 3. The molecule has 168 valence electrons. The number of carbonyl (C=O) groups excluding carboxylic acids is 1. The number of aromatic nitrogens is 3. The van der Waals surface area contributed by atoms with Gasteiger partial charge in [0.25, 0.3) is 5.91 Å². The Morgan fingerprint density at radius 2 is 1.97 bits per heavy atom. The number of halogens is 2. The van der Waals surface area contributed by atoms with Gasteiger partial charge < -0.3 is 29.8 Å². The number of hydrogen-bond acceptors (Lipinski definition) is 7. The van der Waals surface area contributed by atoms with E-state index in [0.717, 1.165) is 0 Å². The number of carboxylic acids is 1. The molecule has 0 saturated carbocycles. The number of amides is 1. The van der Waals surface area contributed by atoms with E-state index in [1.165, 1.54) is 13.2 Å². The average molecular weight is 472 g/mol. The van der Waals surface area contributed by atoms with Crippen LogP contribution in [0, 0.1) is 6.92 Å². The van der Waals surface area contributed by atoms with Crippen molar-refractivity contribution in [1.29, 1.82) is 0 Å². The van der Waals surface area contributed by atoms with Crippen LogP contribution in [0.5, 0.6) is 6.01 Å². The molecule has 0 radical (unpaired) electrons. The first-order valence-corrected chi connectivity index (χ1v) is 10.4. The van der Waals surface area contributed by atoms with Crippen LogP contribution in [0.2, 0.25) is 10.0 Å². The largest absolute Gasteiger partial charge is 0.477 e. The van der Waals surface area contributed by atoms with Gasteiger partial charge in [-0.3, -0.25) is 4.79 Å². The molecule has 0 atom stereocenters. The van der Waals surface area contributed by atoms with Crippen LogP contribution in [0.4, 0.5) is 5.82 Å². The summed E-state index contributed by atoms with van der Waals surface area (Å²) in [6.07, 6.45) is 1.28. The summed E-state index contributed by atoms with van der Waals surface area (Å²) in [5.41, 5.74) is 0.723. The smallest absolute Gasteiger partial charge is 0.354 e. The molecule has 12 heteroatoms. The Bertz CT molecular complexity index is 959. The van der Waals surface area contributed by atoms with Gasteiger partial charge in [-0.15, -0.1) is 0 Å². The Labute approximate surface area is 188 Å². The maximum atomic E-state index is 12.5. The Balaban J connectivity index is 1.63. The predicted molar refractivity (Wildman–Crippen MR) is 115 cm³/mol. The lowest BCUT2D eigenvalue weighted by atomic mass is 10.0. The van der Waals surface area contributed by atoms with Crippen molar-refractivity contribution in [3.05, 3.63) is 33.2 Å². The molecule has 0 bridgehead atoms. The van der Waals surface area contributed by atoms with Gasteiger partial charge in [-0.05, 0) is 19.8 Å². The quantitative estimate of drug-likeness (QED) is 0.500. The highest BCUT2D eigenvalue weighted by molar-refractivity contribution is 6.44. The van der Waals surface area contributed by atoms with Crippen molar-refractivity contribution in [1.82, 2.24) is 20.3 Å². The Kier molecular flexibility index (Phi) is 7.58. The van der Waals surface area contributed by atoms with Gasteiger partial charge in [-0.1, -0.05) is 23.2 Å². The van der Waals surface area contributed by atoms with Crippen LogP contribution >= 0.6 is 23.2 Å². The fraction of sp³-hybridized carbons (Fsp3) is 0.474. The molecule has 2 aromatic rings. The predicted octanol–water partition coefficient (Wildman–Crippen LogP) is 2.54. The van der Waals surface area contributed by atoms with Gasteiger partial charge >= 0.3 is 12.0 Å². The highest BCUT2D eigenvalue weighted by Gasteiger charge is 2.26. The minimum Gasteiger partial charge on any atom is -0.477 e. The molecule has 31 heavy (non-hydrogen) atoms. The summed E-state index contributed by atoms with van der Waals surface area (Å²) in [4.78, 5) is 37.0. The van der Waals surface area contributed by atoms with Crippen molar-refractivity contribution in [2.75, 3.05) is 38.3 Å². The second-order valence-corrected chi connectivity index (χ2v) is 7.78. The molecule has 1 saturated heterocycles. The van der Waals surface area contributed by atoms with E-state index in [9.17, 15) is 14.7 Å². The summed E-state index contributed by atoms with van der Waals surface area (Å²) in [7, 11) is 1.53. The number of aromatic carboxylic acids is 1. The van der Waals surface area contributed by atoms with Crippen molar-refractivity contribution in [2.24, 2.45) is 0 Å². The van der Waals surface area contributed by atoms with Gasteiger partial charge in [0.05, 0.1) is 16.7 Å². The van der Waals surface area contributed by atoms with Crippen LogP contribution in [0.25, 0.3) is 0 Å². The molecule has 1 fully saturated rings. The number of rotatable bonds is 8. The number of nitrogens with one attached hydrogen (secondary N) is 2. The van der Waals surface area contributed by atoms with Crippen molar-refractivity contribution in [3.63, 3.8) is 0 Å². The fourth-order valence-electron chi connectivity index (χ4n) is 3.20. The van der Waals surface area contributed by atoms with E-state index in [4.69, 9.17) is 32.7 Å². The molecule has 0 aromatic carbocycles. The summed E-state index contributed by atoms with van der Waals surface area (Å²) in [6, 6.07) is 1.32. The molecule has 1 aliphatic heterocycles. The average Bonchev–Trinajstić information content (AvgIpc) is 3.01. The third-order valence-corrected chi connectivity index (χ3v) is 5.81. The SMILES string of the molecule is COCCOc1nc(C(=O)O)cc(N2CCC(NC(=O)c3[nH]c(C)c(Cl)c3Cl)CC2)n1. The topological polar surface area (TPSA) is 130 Å². The first kappa shape index (κ1) is 23.1. The standard InChI is InChI=1S/C19H23Cl2N5O5/c1-10-14(20)15(21)16(22-10)17(27)23-11-3-5-26(6-4-11)13-9-12(18(28)29)24-19(25-13)31-8-7-30-2/h9,11,22H,3-8H2,1-2H3,(H,23,27)(H,28,29). The third kappa shape index (κ3) is 5.57. The van der Waals surface area contributed by atoms with Gasteiger partial charge in [-0.25, -0.2) is 4.79 Å². The van der Waals surface area contributed by atoms with Gasteiger partial charge in [0.1, 0.15) is 18.1 Å². The van der Waals surface area contributed by atoms with E-state index >= 15 is 0 Å². The number of anilines is 1. The number of aryl methyl sites for hydroxylation is 1. The van der Waals surface area contributed by atoms with Gasteiger partial charge in [0.2, 0.25) is 0 Å². The number of piperidine rings is 1. The molecular formula is C19H23Cl2N5O5. The van der Waals surface area contributed by atoms with E-state index in [-0.39, 0.29) is 41.0 Å². The monoisotopic (exact) mass is 471 g/mol. The van der Waals surface area contributed by atoms with Gasteiger partial charge in [-0.2, -0.15) is 9.97 Å². The van der Waals surface area contributed by atoms with Crippen LogP contribution < -0.4 is 15.0 Å². The summed E-state index contributed by atoms with van der Waals surface area (Å²) < 4.78 is 10.3. The van der Waals surface area contributed by atoms with Crippen molar-refractivity contribution < 1.29 is 24.2 Å².